The zero-order valence-corrected chi connectivity index (χ0v) is 7.16. The first-order chi connectivity index (χ1) is 5.77. The smallest absolute Gasteiger partial charge is 0.143 e. The molecule has 0 unspecified atom stereocenters. The van der Waals surface area contributed by atoms with E-state index in [2.05, 4.69) is 4.98 Å². The van der Waals surface area contributed by atoms with Crippen LogP contribution in [-0.4, -0.2) is 12.1 Å². The Morgan fingerprint density at radius 3 is 2.92 bits per heavy atom. The molecule has 0 radical (unpaired) electrons. The summed E-state index contributed by atoms with van der Waals surface area (Å²) in [6.45, 7) is 2.32. The molecule has 62 valence electrons. The lowest BCUT2D eigenvalue weighted by Crippen LogP contribution is -1.96. The number of ether oxygens (including phenoxy) is 1. The van der Waals surface area contributed by atoms with Crippen molar-refractivity contribution in [1.82, 2.24) is 4.98 Å². The summed E-state index contributed by atoms with van der Waals surface area (Å²) in [6, 6.07) is 5.76. The Labute approximate surface area is 71.6 Å². The summed E-state index contributed by atoms with van der Waals surface area (Å²) in [6.07, 6.45) is 0. The number of aryl methyl sites for hydroxylation is 1. The Morgan fingerprint density at radius 2 is 2.33 bits per heavy atom. The van der Waals surface area contributed by atoms with Crippen molar-refractivity contribution >= 4 is 0 Å². The van der Waals surface area contributed by atoms with Gasteiger partial charge in [-0.05, 0) is 18.6 Å². The second-order valence-corrected chi connectivity index (χ2v) is 2.51. The van der Waals surface area contributed by atoms with Gasteiger partial charge in [0.25, 0.3) is 0 Å². The Bertz CT molecular complexity index is 315. The SMILES string of the molecule is COCc1ccc(C)c(C#N)n1. The molecule has 0 bridgehead atoms. The van der Waals surface area contributed by atoms with Gasteiger partial charge in [-0.25, -0.2) is 4.98 Å². The van der Waals surface area contributed by atoms with E-state index in [0.717, 1.165) is 11.3 Å². The molecule has 1 aromatic heterocycles. The Morgan fingerprint density at radius 1 is 1.58 bits per heavy atom. The summed E-state index contributed by atoms with van der Waals surface area (Å²) in [5.41, 5.74) is 2.17. The van der Waals surface area contributed by atoms with Crippen LogP contribution in [0.4, 0.5) is 0 Å². The highest BCUT2D eigenvalue weighted by Gasteiger charge is 1.99. The number of nitriles is 1. The lowest BCUT2D eigenvalue weighted by atomic mass is 10.2. The molecular formula is C9H10N2O. The molecule has 3 nitrogen and oxygen atoms in total. The average Bonchev–Trinajstić information content (AvgIpc) is 2.09. The first kappa shape index (κ1) is 8.69. The van der Waals surface area contributed by atoms with Gasteiger partial charge in [-0.2, -0.15) is 5.26 Å². The van der Waals surface area contributed by atoms with Crippen LogP contribution >= 0.6 is 0 Å². The highest BCUT2D eigenvalue weighted by molar-refractivity contribution is 5.31. The largest absolute Gasteiger partial charge is 0.378 e. The molecule has 3 heteroatoms. The number of rotatable bonds is 2. The summed E-state index contributed by atoms with van der Waals surface area (Å²) >= 11 is 0. The quantitative estimate of drug-likeness (QED) is 0.660. The molecule has 0 amide bonds. The number of methoxy groups -OCH3 is 1. The summed E-state index contributed by atoms with van der Waals surface area (Å²) in [5, 5.41) is 8.66. The molecule has 12 heavy (non-hydrogen) atoms. The van der Waals surface area contributed by atoms with Gasteiger partial charge in [0.15, 0.2) is 0 Å². The van der Waals surface area contributed by atoms with Crippen molar-refractivity contribution in [3.05, 3.63) is 29.1 Å². The minimum absolute atomic E-state index is 0.453. The third-order valence-electron chi connectivity index (χ3n) is 1.55. The first-order valence-corrected chi connectivity index (χ1v) is 3.63. The standard InChI is InChI=1S/C9H10N2O/c1-7-3-4-8(6-12-2)11-9(7)5-10/h3-4H,6H2,1-2H3. The van der Waals surface area contributed by atoms with E-state index in [1.54, 1.807) is 7.11 Å². The van der Waals surface area contributed by atoms with Gasteiger partial charge in [0.05, 0.1) is 12.3 Å². The van der Waals surface area contributed by atoms with Crippen molar-refractivity contribution in [3.8, 4) is 6.07 Å². The minimum atomic E-state index is 0.453. The fraction of sp³-hybridized carbons (Fsp3) is 0.333. The molecular weight excluding hydrogens is 152 g/mol. The Kier molecular flexibility index (Phi) is 2.78. The second-order valence-electron chi connectivity index (χ2n) is 2.51. The minimum Gasteiger partial charge on any atom is -0.378 e. The molecule has 0 N–H and O–H groups in total. The third-order valence-corrected chi connectivity index (χ3v) is 1.55. The predicted molar refractivity (Wildman–Crippen MR) is 44.4 cm³/mol. The first-order valence-electron chi connectivity index (χ1n) is 3.63. The van der Waals surface area contributed by atoms with E-state index in [4.69, 9.17) is 10.00 Å². The van der Waals surface area contributed by atoms with Gasteiger partial charge in [0, 0.05) is 7.11 Å². The molecule has 0 aliphatic carbocycles. The van der Waals surface area contributed by atoms with Gasteiger partial charge in [0.1, 0.15) is 11.8 Å². The van der Waals surface area contributed by atoms with E-state index in [0.29, 0.717) is 12.3 Å². The highest BCUT2D eigenvalue weighted by Crippen LogP contribution is 2.05. The van der Waals surface area contributed by atoms with Crippen LogP contribution in [0.2, 0.25) is 0 Å². The van der Waals surface area contributed by atoms with Crippen LogP contribution in [0.3, 0.4) is 0 Å². The molecule has 0 saturated carbocycles. The monoisotopic (exact) mass is 162 g/mol. The van der Waals surface area contributed by atoms with E-state index in [9.17, 15) is 0 Å². The lowest BCUT2D eigenvalue weighted by molar-refractivity contribution is 0.181. The highest BCUT2D eigenvalue weighted by atomic mass is 16.5. The fourth-order valence-electron chi connectivity index (χ4n) is 0.911. The van der Waals surface area contributed by atoms with E-state index in [-0.39, 0.29) is 0 Å². The van der Waals surface area contributed by atoms with Crippen LogP contribution in [0, 0.1) is 18.3 Å². The van der Waals surface area contributed by atoms with E-state index >= 15 is 0 Å². The molecule has 1 aromatic rings. The predicted octanol–water partition coefficient (Wildman–Crippen LogP) is 1.41. The average molecular weight is 162 g/mol. The van der Waals surface area contributed by atoms with Crippen LogP contribution in [0.1, 0.15) is 17.0 Å². The molecule has 0 aliphatic heterocycles. The van der Waals surface area contributed by atoms with Crippen LogP contribution in [0.15, 0.2) is 12.1 Å². The third kappa shape index (κ3) is 1.80. The summed E-state index contributed by atoms with van der Waals surface area (Å²) < 4.78 is 4.90. The topological polar surface area (TPSA) is 45.9 Å². The van der Waals surface area contributed by atoms with Crippen molar-refractivity contribution in [2.24, 2.45) is 0 Å². The molecule has 0 fully saturated rings. The Balaban J connectivity index is 2.99. The second kappa shape index (κ2) is 3.84. The Hall–Kier alpha value is -1.40. The number of hydrogen-bond donors (Lipinski definition) is 0. The molecule has 0 spiro atoms. The van der Waals surface area contributed by atoms with Crippen molar-refractivity contribution < 1.29 is 4.74 Å². The number of pyridine rings is 1. The maximum Gasteiger partial charge on any atom is 0.143 e. The molecule has 1 heterocycles. The van der Waals surface area contributed by atoms with Gasteiger partial charge < -0.3 is 4.74 Å². The molecule has 1 rings (SSSR count). The maximum absolute atomic E-state index is 8.66. The van der Waals surface area contributed by atoms with Crippen LogP contribution in [0.5, 0.6) is 0 Å². The molecule has 0 saturated heterocycles. The van der Waals surface area contributed by atoms with Crippen molar-refractivity contribution in [2.45, 2.75) is 13.5 Å². The van der Waals surface area contributed by atoms with Gasteiger partial charge >= 0.3 is 0 Å². The summed E-state index contributed by atoms with van der Waals surface area (Å²) in [4.78, 5) is 4.09. The van der Waals surface area contributed by atoms with Crippen LogP contribution in [0.25, 0.3) is 0 Å². The zero-order valence-electron chi connectivity index (χ0n) is 7.16. The van der Waals surface area contributed by atoms with Crippen molar-refractivity contribution in [3.63, 3.8) is 0 Å². The molecule has 0 aromatic carbocycles. The van der Waals surface area contributed by atoms with E-state index in [1.807, 2.05) is 25.1 Å². The normalized spacial score (nSPS) is 9.42. The molecule has 0 aliphatic rings. The van der Waals surface area contributed by atoms with Gasteiger partial charge in [0.2, 0.25) is 0 Å². The number of aromatic nitrogens is 1. The fourth-order valence-corrected chi connectivity index (χ4v) is 0.911. The zero-order chi connectivity index (χ0) is 8.97. The number of hydrogen-bond acceptors (Lipinski definition) is 3. The van der Waals surface area contributed by atoms with Gasteiger partial charge in [-0.15, -0.1) is 0 Å². The van der Waals surface area contributed by atoms with Gasteiger partial charge in [-0.3, -0.25) is 0 Å². The number of nitrogens with zero attached hydrogens (tertiary/aromatic N) is 2. The van der Waals surface area contributed by atoms with E-state index < -0.39 is 0 Å². The van der Waals surface area contributed by atoms with Gasteiger partial charge in [-0.1, -0.05) is 6.07 Å². The lowest BCUT2D eigenvalue weighted by Gasteiger charge is -2.00. The molecule has 0 atom stereocenters. The van der Waals surface area contributed by atoms with Crippen molar-refractivity contribution in [2.75, 3.05) is 7.11 Å². The summed E-state index contributed by atoms with van der Waals surface area (Å²) in [7, 11) is 1.60. The van der Waals surface area contributed by atoms with Crippen LogP contribution < -0.4 is 0 Å². The van der Waals surface area contributed by atoms with Crippen LogP contribution in [-0.2, 0) is 11.3 Å². The summed E-state index contributed by atoms with van der Waals surface area (Å²) in [5.74, 6) is 0. The van der Waals surface area contributed by atoms with E-state index in [1.165, 1.54) is 0 Å². The van der Waals surface area contributed by atoms with Crippen molar-refractivity contribution in [1.29, 1.82) is 5.26 Å². The maximum atomic E-state index is 8.66.